The molecule has 2 atom stereocenters. The molecule has 1 aliphatic heterocycles. The summed E-state index contributed by atoms with van der Waals surface area (Å²) in [5, 5.41) is 10.9. The summed E-state index contributed by atoms with van der Waals surface area (Å²) >= 11 is 0. The average molecular weight is 348 g/mol. The molecule has 3 aromatic rings. The number of para-hydroxylation sites is 2. The maximum Gasteiger partial charge on any atom is 0.249 e. The normalized spacial score (nSPS) is 19.9. The molecule has 0 saturated carbocycles. The third kappa shape index (κ3) is 2.94. The van der Waals surface area contributed by atoms with Gasteiger partial charge in [-0.15, -0.1) is 0 Å². The van der Waals surface area contributed by atoms with Crippen LogP contribution >= 0.6 is 0 Å². The van der Waals surface area contributed by atoms with Gasteiger partial charge in [-0.1, -0.05) is 36.4 Å². The minimum atomic E-state index is -0.494. The van der Waals surface area contributed by atoms with E-state index < -0.39 is 6.04 Å². The third-order valence-corrected chi connectivity index (χ3v) is 4.80. The lowest BCUT2D eigenvalue weighted by atomic mass is 10.1. The summed E-state index contributed by atoms with van der Waals surface area (Å²) in [5.41, 5.74) is 2.45. The van der Waals surface area contributed by atoms with Gasteiger partial charge in [0.25, 0.3) is 0 Å². The van der Waals surface area contributed by atoms with Crippen LogP contribution in [-0.4, -0.2) is 34.1 Å². The molecule has 6 nitrogen and oxygen atoms in total. The SMILES string of the molecule is C[C@H]1C[C@H](NC(=O)Cc2[nH]nc3ccccc23)C(=O)N1c1ccccc1. The van der Waals surface area contributed by atoms with Crippen molar-refractivity contribution in [1.29, 1.82) is 0 Å². The number of aromatic nitrogens is 2. The van der Waals surface area contributed by atoms with Gasteiger partial charge >= 0.3 is 0 Å². The van der Waals surface area contributed by atoms with Crippen molar-refractivity contribution in [2.75, 3.05) is 4.90 Å². The molecule has 26 heavy (non-hydrogen) atoms. The van der Waals surface area contributed by atoms with Crippen molar-refractivity contribution < 1.29 is 9.59 Å². The zero-order chi connectivity index (χ0) is 18.1. The van der Waals surface area contributed by atoms with Crippen molar-refractivity contribution in [3.05, 3.63) is 60.3 Å². The van der Waals surface area contributed by atoms with Gasteiger partial charge in [-0.05, 0) is 31.5 Å². The topological polar surface area (TPSA) is 78.1 Å². The number of nitrogens with one attached hydrogen (secondary N) is 2. The quantitative estimate of drug-likeness (QED) is 0.760. The van der Waals surface area contributed by atoms with Gasteiger partial charge in [0.05, 0.1) is 17.6 Å². The molecule has 132 valence electrons. The number of carbonyl (C=O) groups is 2. The number of fused-ring (bicyclic) bond motifs is 1. The zero-order valence-electron chi connectivity index (χ0n) is 14.5. The summed E-state index contributed by atoms with van der Waals surface area (Å²) in [6, 6.07) is 16.8. The second-order valence-corrected chi connectivity index (χ2v) is 6.64. The van der Waals surface area contributed by atoms with Gasteiger partial charge in [0, 0.05) is 17.1 Å². The fourth-order valence-electron chi connectivity index (χ4n) is 3.58. The first-order valence-corrected chi connectivity index (χ1v) is 8.73. The van der Waals surface area contributed by atoms with E-state index in [4.69, 9.17) is 0 Å². The van der Waals surface area contributed by atoms with Crippen molar-refractivity contribution >= 4 is 28.4 Å². The fourth-order valence-corrected chi connectivity index (χ4v) is 3.58. The lowest BCUT2D eigenvalue weighted by Crippen LogP contribution is -2.42. The third-order valence-electron chi connectivity index (χ3n) is 4.80. The Labute approximate surface area is 151 Å². The Bertz CT molecular complexity index is 951. The van der Waals surface area contributed by atoms with Gasteiger partial charge in [0.15, 0.2) is 0 Å². The minimum absolute atomic E-state index is 0.0446. The van der Waals surface area contributed by atoms with Crippen molar-refractivity contribution in [1.82, 2.24) is 15.5 Å². The Balaban J connectivity index is 1.46. The van der Waals surface area contributed by atoms with Crippen molar-refractivity contribution in [2.24, 2.45) is 0 Å². The molecule has 6 heteroatoms. The lowest BCUT2D eigenvalue weighted by Gasteiger charge is -2.21. The number of amides is 2. The molecular weight excluding hydrogens is 328 g/mol. The standard InChI is InChI=1S/C20H20N4O2/c1-13-11-18(20(26)24(13)14-7-3-2-4-8-14)21-19(25)12-17-15-9-5-6-10-16(15)22-23-17/h2-10,13,18H,11-12H2,1H3,(H,21,25)(H,22,23)/t13-,18-/m0/s1. The highest BCUT2D eigenvalue weighted by Gasteiger charge is 2.38. The number of anilines is 1. The van der Waals surface area contributed by atoms with Crippen LogP contribution in [-0.2, 0) is 16.0 Å². The summed E-state index contributed by atoms with van der Waals surface area (Å²) in [6.45, 7) is 2.00. The Morgan fingerprint density at radius 3 is 2.73 bits per heavy atom. The molecule has 2 amide bonds. The highest BCUT2D eigenvalue weighted by atomic mass is 16.2. The Morgan fingerprint density at radius 1 is 1.19 bits per heavy atom. The van der Waals surface area contributed by atoms with E-state index in [-0.39, 0.29) is 24.3 Å². The second-order valence-electron chi connectivity index (χ2n) is 6.64. The van der Waals surface area contributed by atoms with Crippen LogP contribution in [0.2, 0.25) is 0 Å². The predicted octanol–water partition coefficient (Wildman–Crippen LogP) is 2.42. The Morgan fingerprint density at radius 2 is 1.92 bits per heavy atom. The monoisotopic (exact) mass is 348 g/mol. The molecule has 1 saturated heterocycles. The van der Waals surface area contributed by atoms with Crippen LogP contribution < -0.4 is 10.2 Å². The summed E-state index contributed by atoms with van der Waals surface area (Å²) < 4.78 is 0. The van der Waals surface area contributed by atoms with Gasteiger partial charge in [-0.2, -0.15) is 5.10 Å². The molecule has 0 radical (unpaired) electrons. The summed E-state index contributed by atoms with van der Waals surface area (Å²) in [4.78, 5) is 27.0. The van der Waals surface area contributed by atoms with Crippen LogP contribution in [0.5, 0.6) is 0 Å². The number of hydrogen-bond donors (Lipinski definition) is 2. The predicted molar refractivity (Wildman–Crippen MR) is 99.7 cm³/mol. The van der Waals surface area contributed by atoms with Gasteiger partial charge < -0.3 is 10.2 Å². The number of benzene rings is 2. The van der Waals surface area contributed by atoms with Crippen LogP contribution in [0.3, 0.4) is 0 Å². The smallest absolute Gasteiger partial charge is 0.249 e. The molecule has 0 bridgehead atoms. The minimum Gasteiger partial charge on any atom is -0.344 e. The highest BCUT2D eigenvalue weighted by molar-refractivity contribution is 6.02. The Hall–Kier alpha value is -3.15. The van der Waals surface area contributed by atoms with E-state index in [1.165, 1.54) is 0 Å². The van der Waals surface area contributed by atoms with E-state index in [1.807, 2.05) is 61.5 Å². The molecule has 2 heterocycles. The number of carbonyl (C=O) groups excluding carboxylic acids is 2. The number of aromatic amines is 1. The lowest BCUT2D eigenvalue weighted by molar-refractivity contribution is -0.126. The van der Waals surface area contributed by atoms with Gasteiger partial charge in [0.2, 0.25) is 11.8 Å². The maximum absolute atomic E-state index is 12.8. The van der Waals surface area contributed by atoms with E-state index >= 15 is 0 Å². The van der Waals surface area contributed by atoms with Crippen molar-refractivity contribution in [2.45, 2.75) is 31.8 Å². The van der Waals surface area contributed by atoms with Crippen LogP contribution in [0.1, 0.15) is 19.0 Å². The second kappa shape index (κ2) is 6.63. The van der Waals surface area contributed by atoms with Crippen LogP contribution in [0.15, 0.2) is 54.6 Å². The van der Waals surface area contributed by atoms with E-state index in [9.17, 15) is 9.59 Å². The fraction of sp³-hybridized carbons (Fsp3) is 0.250. The largest absolute Gasteiger partial charge is 0.344 e. The van der Waals surface area contributed by atoms with E-state index in [2.05, 4.69) is 15.5 Å². The van der Waals surface area contributed by atoms with Crippen molar-refractivity contribution in [3.63, 3.8) is 0 Å². The van der Waals surface area contributed by atoms with E-state index in [0.717, 1.165) is 22.3 Å². The summed E-state index contributed by atoms with van der Waals surface area (Å²) in [7, 11) is 0. The molecule has 2 N–H and O–H groups in total. The molecule has 2 aromatic carbocycles. The van der Waals surface area contributed by atoms with Crippen molar-refractivity contribution in [3.8, 4) is 0 Å². The van der Waals surface area contributed by atoms with E-state index in [1.54, 1.807) is 4.90 Å². The molecule has 0 spiro atoms. The molecule has 1 aliphatic rings. The average Bonchev–Trinajstić information content (AvgIpc) is 3.17. The summed E-state index contributed by atoms with van der Waals surface area (Å²) in [5.74, 6) is -0.244. The van der Waals surface area contributed by atoms with E-state index in [0.29, 0.717) is 6.42 Å². The summed E-state index contributed by atoms with van der Waals surface area (Å²) in [6.07, 6.45) is 0.771. The number of nitrogens with zero attached hydrogens (tertiary/aromatic N) is 2. The first-order valence-electron chi connectivity index (χ1n) is 8.73. The molecule has 0 aliphatic carbocycles. The van der Waals surface area contributed by atoms with Crippen LogP contribution in [0, 0.1) is 0 Å². The molecule has 1 aromatic heterocycles. The number of H-pyrrole nitrogens is 1. The first-order chi connectivity index (χ1) is 12.6. The molecule has 1 fully saturated rings. The molecule has 4 rings (SSSR count). The number of hydrogen-bond acceptors (Lipinski definition) is 3. The maximum atomic E-state index is 12.8. The first kappa shape index (κ1) is 16.3. The van der Waals surface area contributed by atoms with Gasteiger partial charge in [-0.25, -0.2) is 0 Å². The van der Waals surface area contributed by atoms with Gasteiger partial charge in [0.1, 0.15) is 6.04 Å². The zero-order valence-corrected chi connectivity index (χ0v) is 14.5. The number of rotatable bonds is 4. The highest BCUT2D eigenvalue weighted by Crippen LogP contribution is 2.26. The molecule has 0 unspecified atom stereocenters. The van der Waals surface area contributed by atoms with Gasteiger partial charge in [-0.3, -0.25) is 14.7 Å². The van der Waals surface area contributed by atoms with Crippen LogP contribution in [0.25, 0.3) is 10.9 Å². The Kier molecular flexibility index (Phi) is 4.16. The van der Waals surface area contributed by atoms with Crippen LogP contribution in [0.4, 0.5) is 5.69 Å². The molecular formula is C20H20N4O2.